The molecule has 0 unspecified atom stereocenters. The fourth-order valence-electron chi connectivity index (χ4n) is 1.44. The average molecular weight is 260 g/mol. The van der Waals surface area contributed by atoms with Gasteiger partial charge in [-0.1, -0.05) is 0 Å². The van der Waals surface area contributed by atoms with Crippen LogP contribution in [0.2, 0.25) is 0 Å². The van der Waals surface area contributed by atoms with Crippen molar-refractivity contribution < 1.29 is 17.7 Å². The smallest absolute Gasteiger partial charge is 0.264 e. The van der Waals surface area contributed by atoms with Crippen molar-refractivity contribution in [1.82, 2.24) is 0 Å². The lowest BCUT2D eigenvalue weighted by molar-refractivity contribution is 0.316. The maximum Gasteiger partial charge on any atom is 0.264 e. The van der Waals surface area contributed by atoms with Gasteiger partial charge in [-0.05, 0) is 31.0 Å². The quantitative estimate of drug-likeness (QED) is 0.410. The Morgan fingerprint density at radius 1 is 1.35 bits per heavy atom. The lowest BCUT2D eigenvalue weighted by Gasteiger charge is -2.12. The Hall–Kier alpha value is -1.47. The summed E-state index contributed by atoms with van der Waals surface area (Å²) in [5, 5.41) is 0. The standard InChI is InChI=1S/C10H16N2O4S/c1-7-5-8(11)6-9(12)10(7)16-3-2-4-17(13,14)15/h5-6H,2-4,11-12H2,1H3,(H,13,14,15). The van der Waals surface area contributed by atoms with E-state index in [1.165, 1.54) is 0 Å². The maximum absolute atomic E-state index is 10.5. The van der Waals surface area contributed by atoms with Crippen LogP contribution >= 0.6 is 0 Å². The van der Waals surface area contributed by atoms with Gasteiger partial charge in [-0.25, -0.2) is 0 Å². The summed E-state index contributed by atoms with van der Waals surface area (Å²) < 4.78 is 34.9. The average Bonchev–Trinajstić information content (AvgIpc) is 2.13. The highest BCUT2D eigenvalue weighted by molar-refractivity contribution is 7.85. The largest absolute Gasteiger partial charge is 0.491 e. The zero-order chi connectivity index (χ0) is 13.1. The van der Waals surface area contributed by atoms with Crippen LogP contribution in [0.15, 0.2) is 12.1 Å². The second kappa shape index (κ2) is 5.24. The monoisotopic (exact) mass is 260 g/mol. The van der Waals surface area contributed by atoms with E-state index in [0.717, 1.165) is 5.56 Å². The molecule has 0 bridgehead atoms. The van der Waals surface area contributed by atoms with Gasteiger partial charge in [0.25, 0.3) is 10.1 Å². The number of hydrogen-bond donors (Lipinski definition) is 3. The maximum atomic E-state index is 10.5. The third-order valence-electron chi connectivity index (χ3n) is 2.12. The molecule has 96 valence electrons. The second-order valence-electron chi connectivity index (χ2n) is 3.74. The lowest BCUT2D eigenvalue weighted by atomic mass is 10.1. The van der Waals surface area contributed by atoms with Crippen LogP contribution in [0, 0.1) is 6.92 Å². The van der Waals surface area contributed by atoms with Crippen molar-refractivity contribution in [2.24, 2.45) is 0 Å². The number of aryl methyl sites for hydroxylation is 1. The van der Waals surface area contributed by atoms with Crippen LogP contribution in [0.5, 0.6) is 5.75 Å². The molecule has 0 saturated heterocycles. The van der Waals surface area contributed by atoms with Crippen LogP contribution in [-0.2, 0) is 10.1 Å². The van der Waals surface area contributed by atoms with Gasteiger partial charge in [0.05, 0.1) is 18.0 Å². The molecule has 0 aliphatic rings. The summed E-state index contributed by atoms with van der Waals surface area (Å²) in [7, 11) is -3.94. The summed E-state index contributed by atoms with van der Waals surface area (Å²) >= 11 is 0. The summed E-state index contributed by atoms with van der Waals surface area (Å²) in [5.74, 6) is 0.163. The molecule has 0 aliphatic carbocycles. The van der Waals surface area contributed by atoms with Crippen molar-refractivity contribution in [2.75, 3.05) is 23.8 Å². The van der Waals surface area contributed by atoms with Crippen molar-refractivity contribution in [3.63, 3.8) is 0 Å². The van der Waals surface area contributed by atoms with Gasteiger partial charge < -0.3 is 16.2 Å². The molecule has 1 aromatic carbocycles. The predicted molar refractivity (Wildman–Crippen MR) is 66.5 cm³/mol. The number of hydrogen-bond acceptors (Lipinski definition) is 5. The molecule has 0 spiro atoms. The fourth-order valence-corrected chi connectivity index (χ4v) is 1.93. The number of benzene rings is 1. The SMILES string of the molecule is Cc1cc(N)cc(N)c1OCCCS(=O)(=O)O. The minimum Gasteiger partial charge on any atom is -0.491 e. The van der Waals surface area contributed by atoms with E-state index in [0.29, 0.717) is 17.1 Å². The molecule has 0 fully saturated rings. The van der Waals surface area contributed by atoms with Crippen molar-refractivity contribution >= 4 is 21.5 Å². The Kier molecular flexibility index (Phi) is 4.19. The Labute approximate surface area is 100 Å². The van der Waals surface area contributed by atoms with Gasteiger partial charge >= 0.3 is 0 Å². The molecule has 0 aromatic heterocycles. The second-order valence-corrected chi connectivity index (χ2v) is 5.32. The van der Waals surface area contributed by atoms with Gasteiger partial charge in [0.1, 0.15) is 5.75 Å². The van der Waals surface area contributed by atoms with Crippen LogP contribution in [0.25, 0.3) is 0 Å². The van der Waals surface area contributed by atoms with E-state index in [9.17, 15) is 8.42 Å². The number of ether oxygens (including phenoxy) is 1. The van der Waals surface area contributed by atoms with E-state index in [1.54, 1.807) is 19.1 Å². The van der Waals surface area contributed by atoms with Crippen molar-refractivity contribution in [3.8, 4) is 5.75 Å². The molecule has 0 atom stereocenters. The molecular weight excluding hydrogens is 244 g/mol. The third-order valence-corrected chi connectivity index (χ3v) is 2.92. The van der Waals surface area contributed by atoms with Crippen LogP contribution in [0.3, 0.4) is 0 Å². The zero-order valence-corrected chi connectivity index (χ0v) is 10.3. The molecule has 0 heterocycles. The molecule has 1 rings (SSSR count). The van der Waals surface area contributed by atoms with E-state index >= 15 is 0 Å². The van der Waals surface area contributed by atoms with Crippen molar-refractivity contribution in [1.29, 1.82) is 0 Å². The minimum absolute atomic E-state index is 0.161. The number of anilines is 2. The predicted octanol–water partition coefficient (Wildman–Crippen LogP) is 0.816. The first-order chi connectivity index (χ1) is 7.79. The van der Waals surface area contributed by atoms with Gasteiger partial charge in [0.15, 0.2) is 0 Å². The molecular formula is C10H16N2O4S. The molecule has 6 nitrogen and oxygen atoms in total. The molecule has 17 heavy (non-hydrogen) atoms. The van der Waals surface area contributed by atoms with Crippen molar-refractivity contribution in [3.05, 3.63) is 17.7 Å². The fraction of sp³-hybridized carbons (Fsp3) is 0.400. The molecule has 7 heteroatoms. The Balaban J connectivity index is 2.58. The van der Waals surface area contributed by atoms with E-state index in [4.69, 9.17) is 20.8 Å². The van der Waals surface area contributed by atoms with Gasteiger partial charge in [-0.15, -0.1) is 0 Å². The van der Waals surface area contributed by atoms with Gasteiger partial charge in [0.2, 0.25) is 0 Å². The van der Waals surface area contributed by atoms with E-state index in [-0.39, 0.29) is 18.8 Å². The molecule has 0 saturated carbocycles. The Bertz CT molecular complexity index is 476. The first-order valence-corrected chi connectivity index (χ1v) is 6.64. The Morgan fingerprint density at radius 3 is 2.53 bits per heavy atom. The van der Waals surface area contributed by atoms with Crippen molar-refractivity contribution in [2.45, 2.75) is 13.3 Å². The van der Waals surface area contributed by atoms with Crippen LogP contribution < -0.4 is 16.2 Å². The van der Waals surface area contributed by atoms with Crippen LogP contribution in [0.1, 0.15) is 12.0 Å². The molecule has 0 radical (unpaired) electrons. The highest BCUT2D eigenvalue weighted by Gasteiger charge is 2.08. The number of rotatable bonds is 5. The molecule has 0 aliphatic heterocycles. The van der Waals surface area contributed by atoms with E-state index < -0.39 is 10.1 Å². The highest BCUT2D eigenvalue weighted by Crippen LogP contribution is 2.28. The number of nitrogen functional groups attached to an aromatic ring is 2. The van der Waals surface area contributed by atoms with Crippen LogP contribution in [-0.4, -0.2) is 25.3 Å². The summed E-state index contributed by atoms with van der Waals surface area (Å²) in [6, 6.07) is 3.29. The normalized spacial score (nSPS) is 11.4. The minimum atomic E-state index is -3.94. The van der Waals surface area contributed by atoms with Gasteiger partial charge in [-0.2, -0.15) is 8.42 Å². The topological polar surface area (TPSA) is 116 Å². The van der Waals surface area contributed by atoms with Crippen LogP contribution in [0.4, 0.5) is 11.4 Å². The highest BCUT2D eigenvalue weighted by atomic mass is 32.2. The molecule has 1 aromatic rings. The third kappa shape index (κ3) is 4.49. The van der Waals surface area contributed by atoms with E-state index in [2.05, 4.69) is 0 Å². The first kappa shape index (κ1) is 13.6. The number of nitrogens with two attached hydrogens (primary N) is 2. The van der Waals surface area contributed by atoms with Gasteiger partial charge in [0, 0.05) is 5.69 Å². The lowest BCUT2D eigenvalue weighted by Crippen LogP contribution is -2.09. The summed E-state index contributed by atoms with van der Waals surface area (Å²) in [5.41, 5.74) is 13.1. The summed E-state index contributed by atoms with van der Waals surface area (Å²) in [6.45, 7) is 1.96. The molecule has 5 N–H and O–H groups in total. The Morgan fingerprint density at radius 2 is 2.00 bits per heavy atom. The van der Waals surface area contributed by atoms with E-state index in [1.807, 2.05) is 0 Å². The molecule has 0 amide bonds. The van der Waals surface area contributed by atoms with Gasteiger partial charge in [-0.3, -0.25) is 4.55 Å². The summed E-state index contributed by atoms with van der Waals surface area (Å²) in [6.07, 6.45) is 0.197. The zero-order valence-electron chi connectivity index (χ0n) is 9.51. The summed E-state index contributed by atoms with van der Waals surface area (Å²) in [4.78, 5) is 0. The first-order valence-electron chi connectivity index (χ1n) is 5.03.